The first kappa shape index (κ1) is 12.5. The van der Waals surface area contributed by atoms with Gasteiger partial charge in [0.25, 0.3) is 0 Å². The SMILES string of the molecule is CC(CO)CNCC(=O)N1CCCCC1. The number of hydrogen-bond acceptors (Lipinski definition) is 3. The van der Waals surface area contributed by atoms with Crippen LogP contribution in [-0.2, 0) is 4.79 Å². The summed E-state index contributed by atoms with van der Waals surface area (Å²) in [5.41, 5.74) is 0. The van der Waals surface area contributed by atoms with Crippen LogP contribution in [0.3, 0.4) is 0 Å². The highest BCUT2D eigenvalue weighted by molar-refractivity contribution is 5.78. The van der Waals surface area contributed by atoms with Crippen LogP contribution in [0.1, 0.15) is 26.2 Å². The molecule has 0 bridgehead atoms. The van der Waals surface area contributed by atoms with Crippen molar-refractivity contribution >= 4 is 5.91 Å². The summed E-state index contributed by atoms with van der Waals surface area (Å²) in [6, 6.07) is 0. The molecule has 1 aliphatic rings. The summed E-state index contributed by atoms with van der Waals surface area (Å²) in [6.07, 6.45) is 3.52. The molecule has 0 aromatic heterocycles. The van der Waals surface area contributed by atoms with Gasteiger partial charge < -0.3 is 15.3 Å². The van der Waals surface area contributed by atoms with Crippen LogP contribution in [0.2, 0.25) is 0 Å². The summed E-state index contributed by atoms with van der Waals surface area (Å²) in [5.74, 6) is 0.416. The molecule has 1 amide bonds. The largest absolute Gasteiger partial charge is 0.396 e. The number of rotatable bonds is 5. The summed E-state index contributed by atoms with van der Waals surface area (Å²) in [5, 5.41) is 11.9. The molecule has 1 rings (SSSR count). The molecule has 0 aromatic rings. The van der Waals surface area contributed by atoms with E-state index in [1.807, 2.05) is 11.8 Å². The number of amides is 1. The number of likely N-dealkylation sites (tertiary alicyclic amines) is 1. The average molecular weight is 214 g/mol. The number of nitrogens with zero attached hydrogens (tertiary/aromatic N) is 1. The summed E-state index contributed by atoms with van der Waals surface area (Å²) in [7, 11) is 0. The van der Waals surface area contributed by atoms with Gasteiger partial charge in [-0.3, -0.25) is 4.79 Å². The van der Waals surface area contributed by atoms with E-state index in [1.165, 1.54) is 6.42 Å². The molecule has 1 aliphatic heterocycles. The van der Waals surface area contributed by atoms with Crippen LogP contribution in [0, 0.1) is 5.92 Å². The Morgan fingerprint density at radius 1 is 1.40 bits per heavy atom. The van der Waals surface area contributed by atoms with Crippen molar-refractivity contribution in [1.82, 2.24) is 10.2 Å². The molecule has 0 aromatic carbocycles. The van der Waals surface area contributed by atoms with Gasteiger partial charge in [-0.15, -0.1) is 0 Å². The van der Waals surface area contributed by atoms with Gasteiger partial charge in [0.2, 0.25) is 5.91 Å². The fraction of sp³-hybridized carbons (Fsp3) is 0.909. The number of hydrogen-bond donors (Lipinski definition) is 2. The molecule has 1 saturated heterocycles. The van der Waals surface area contributed by atoms with E-state index in [0.29, 0.717) is 13.1 Å². The van der Waals surface area contributed by atoms with Gasteiger partial charge in [0.15, 0.2) is 0 Å². The second-order valence-corrected chi connectivity index (χ2v) is 4.36. The Kier molecular flexibility index (Phi) is 5.65. The van der Waals surface area contributed by atoms with Crippen LogP contribution >= 0.6 is 0 Å². The third-order valence-electron chi connectivity index (χ3n) is 2.79. The van der Waals surface area contributed by atoms with Crippen LogP contribution in [0.15, 0.2) is 0 Å². The Bertz CT molecular complexity index is 191. The Morgan fingerprint density at radius 2 is 2.07 bits per heavy atom. The highest BCUT2D eigenvalue weighted by atomic mass is 16.3. The van der Waals surface area contributed by atoms with Gasteiger partial charge in [-0.05, 0) is 25.2 Å². The van der Waals surface area contributed by atoms with Gasteiger partial charge in [0, 0.05) is 26.2 Å². The molecule has 0 spiro atoms. The maximum atomic E-state index is 11.7. The van der Waals surface area contributed by atoms with Gasteiger partial charge in [0.1, 0.15) is 0 Å². The minimum atomic E-state index is 0.172. The minimum Gasteiger partial charge on any atom is -0.396 e. The van der Waals surface area contributed by atoms with E-state index in [1.54, 1.807) is 0 Å². The molecule has 2 N–H and O–H groups in total. The number of nitrogens with one attached hydrogen (secondary N) is 1. The molecule has 1 atom stereocenters. The zero-order chi connectivity index (χ0) is 11.1. The lowest BCUT2D eigenvalue weighted by molar-refractivity contribution is -0.131. The summed E-state index contributed by atoms with van der Waals surface area (Å²) in [6.45, 7) is 5.07. The molecule has 1 fully saturated rings. The summed E-state index contributed by atoms with van der Waals surface area (Å²) < 4.78 is 0. The topological polar surface area (TPSA) is 52.6 Å². The number of piperidine rings is 1. The van der Waals surface area contributed by atoms with Gasteiger partial charge >= 0.3 is 0 Å². The Morgan fingerprint density at radius 3 is 2.67 bits per heavy atom. The zero-order valence-electron chi connectivity index (χ0n) is 9.54. The predicted molar refractivity (Wildman–Crippen MR) is 59.6 cm³/mol. The summed E-state index contributed by atoms with van der Waals surface area (Å²) in [4.78, 5) is 13.6. The molecule has 1 heterocycles. The van der Waals surface area contributed by atoms with Crippen LogP contribution in [0.4, 0.5) is 0 Å². The highest BCUT2D eigenvalue weighted by Crippen LogP contribution is 2.08. The van der Waals surface area contributed by atoms with Gasteiger partial charge in [-0.25, -0.2) is 0 Å². The van der Waals surface area contributed by atoms with Crippen molar-refractivity contribution in [1.29, 1.82) is 0 Å². The average Bonchev–Trinajstić information content (AvgIpc) is 2.29. The third kappa shape index (κ3) is 4.62. The molecule has 4 heteroatoms. The Balaban J connectivity index is 2.12. The maximum absolute atomic E-state index is 11.7. The van der Waals surface area contributed by atoms with Crippen LogP contribution in [-0.4, -0.2) is 48.7 Å². The molecule has 1 unspecified atom stereocenters. The lowest BCUT2D eigenvalue weighted by Crippen LogP contribution is -2.42. The number of carbonyl (C=O) groups is 1. The first-order valence-electron chi connectivity index (χ1n) is 5.83. The fourth-order valence-electron chi connectivity index (χ4n) is 1.75. The van der Waals surface area contributed by atoms with Crippen molar-refractivity contribution in [3.8, 4) is 0 Å². The molecule has 15 heavy (non-hydrogen) atoms. The number of carbonyl (C=O) groups excluding carboxylic acids is 1. The third-order valence-corrected chi connectivity index (χ3v) is 2.79. The monoisotopic (exact) mass is 214 g/mol. The van der Waals surface area contributed by atoms with Crippen molar-refractivity contribution in [2.45, 2.75) is 26.2 Å². The standard InChI is InChI=1S/C11H22N2O2/c1-10(9-14)7-12-8-11(15)13-5-3-2-4-6-13/h10,12,14H,2-9H2,1H3. The molecule has 88 valence electrons. The van der Waals surface area contributed by atoms with Crippen molar-refractivity contribution in [3.05, 3.63) is 0 Å². The smallest absolute Gasteiger partial charge is 0.236 e. The van der Waals surface area contributed by atoms with E-state index in [0.717, 1.165) is 25.9 Å². The van der Waals surface area contributed by atoms with Crippen LogP contribution in [0.25, 0.3) is 0 Å². The van der Waals surface area contributed by atoms with Crippen molar-refractivity contribution < 1.29 is 9.90 Å². The van der Waals surface area contributed by atoms with Gasteiger partial charge in [-0.2, -0.15) is 0 Å². The van der Waals surface area contributed by atoms with Gasteiger partial charge in [0.05, 0.1) is 6.54 Å². The normalized spacial score (nSPS) is 18.9. The van der Waals surface area contributed by atoms with E-state index in [9.17, 15) is 4.79 Å². The molecule has 0 aliphatic carbocycles. The van der Waals surface area contributed by atoms with E-state index < -0.39 is 0 Å². The van der Waals surface area contributed by atoms with E-state index >= 15 is 0 Å². The van der Waals surface area contributed by atoms with Crippen LogP contribution in [0.5, 0.6) is 0 Å². The molecular weight excluding hydrogens is 192 g/mol. The fourth-order valence-corrected chi connectivity index (χ4v) is 1.75. The lowest BCUT2D eigenvalue weighted by Gasteiger charge is -2.27. The lowest BCUT2D eigenvalue weighted by atomic mass is 10.1. The molecule has 0 radical (unpaired) electrons. The van der Waals surface area contributed by atoms with Crippen molar-refractivity contribution in [2.24, 2.45) is 5.92 Å². The van der Waals surface area contributed by atoms with Crippen molar-refractivity contribution in [2.75, 3.05) is 32.8 Å². The maximum Gasteiger partial charge on any atom is 0.236 e. The first-order chi connectivity index (χ1) is 7.24. The number of aliphatic hydroxyl groups excluding tert-OH is 1. The molecular formula is C11H22N2O2. The quantitative estimate of drug-likeness (QED) is 0.688. The zero-order valence-corrected chi connectivity index (χ0v) is 9.54. The highest BCUT2D eigenvalue weighted by Gasteiger charge is 2.15. The van der Waals surface area contributed by atoms with E-state index in [2.05, 4.69) is 5.32 Å². The second kappa shape index (κ2) is 6.80. The van der Waals surface area contributed by atoms with Crippen molar-refractivity contribution in [3.63, 3.8) is 0 Å². The predicted octanol–water partition coefficient (Wildman–Crippen LogP) is 0.217. The Labute approximate surface area is 91.6 Å². The van der Waals surface area contributed by atoms with E-state index in [4.69, 9.17) is 5.11 Å². The summed E-state index contributed by atoms with van der Waals surface area (Å²) >= 11 is 0. The van der Waals surface area contributed by atoms with Gasteiger partial charge in [-0.1, -0.05) is 6.92 Å². The second-order valence-electron chi connectivity index (χ2n) is 4.36. The van der Waals surface area contributed by atoms with E-state index in [-0.39, 0.29) is 18.4 Å². The Hall–Kier alpha value is -0.610. The molecule has 4 nitrogen and oxygen atoms in total. The minimum absolute atomic E-state index is 0.172. The van der Waals surface area contributed by atoms with Crippen LogP contribution < -0.4 is 5.32 Å². The first-order valence-corrected chi connectivity index (χ1v) is 5.83. The molecule has 0 saturated carbocycles. The number of aliphatic hydroxyl groups is 1.